The third kappa shape index (κ3) is 2.16. The zero-order valence-corrected chi connectivity index (χ0v) is 12.2. The van der Waals surface area contributed by atoms with E-state index in [-0.39, 0.29) is 5.56 Å². The molecule has 0 spiro atoms. The summed E-state index contributed by atoms with van der Waals surface area (Å²) < 4.78 is 0. The minimum absolute atomic E-state index is 0.0555. The van der Waals surface area contributed by atoms with Gasteiger partial charge in [-0.25, -0.2) is 4.98 Å². The Kier molecular flexibility index (Phi) is 3.05. The average molecular weight is 298 g/mol. The lowest BCUT2D eigenvalue weighted by Gasteiger charge is -2.01. The van der Waals surface area contributed by atoms with Crippen molar-refractivity contribution in [1.82, 2.24) is 20.3 Å². The predicted molar refractivity (Wildman–Crippen MR) is 83.5 cm³/mol. The first kappa shape index (κ1) is 12.7. The van der Waals surface area contributed by atoms with Crippen molar-refractivity contribution in [3.8, 4) is 11.5 Å². The minimum Gasteiger partial charge on any atom is -0.312 e. The molecule has 0 radical (unpaired) electrons. The van der Waals surface area contributed by atoms with Crippen LogP contribution in [0, 0.1) is 0 Å². The largest absolute Gasteiger partial charge is 0.312 e. The van der Waals surface area contributed by atoms with Crippen molar-refractivity contribution in [3.05, 3.63) is 45.2 Å². The molecule has 4 rings (SSSR count). The van der Waals surface area contributed by atoms with Gasteiger partial charge in [0.05, 0.1) is 5.39 Å². The maximum Gasteiger partial charge on any atom is 0.260 e. The Morgan fingerprint density at radius 1 is 1.29 bits per heavy atom. The lowest BCUT2D eigenvalue weighted by molar-refractivity contribution is 0.683. The van der Waals surface area contributed by atoms with E-state index in [0.717, 1.165) is 36.1 Å². The molecule has 2 N–H and O–H groups in total. The first-order valence-corrected chi connectivity index (χ1v) is 7.81. The smallest absolute Gasteiger partial charge is 0.260 e. The molecule has 0 aromatic carbocycles. The molecule has 3 aromatic rings. The number of pyridine rings is 1. The van der Waals surface area contributed by atoms with Gasteiger partial charge in [-0.1, -0.05) is 6.07 Å². The number of thiophene rings is 1. The van der Waals surface area contributed by atoms with Crippen molar-refractivity contribution < 1.29 is 0 Å². The highest BCUT2D eigenvalue weighted by atomic mass is 32.1. The number of hydrogen-bond acceptors (Lipinski definition) is 5. The average Bonchev–Trinajstić information content (AvgIpc) is 2.71. The van der Waals surface area contributed by atoms with Crippen LogP contribution >= 0.6 is 11.3 Å². The van der Waals surface area contributed by atoms with Crippen LogP contribution in [-0.2, 0) is 13.0 Å². The Morgan fingerprint density at radius 2 is 2.24 bits per heavy atom. The summed E-state index contributed by atoms with van der Waals surface area (Å²) in [6, 6.07) is 5.59. The molecule has 1 aliphatic rings. The third-order valence-electron chi connectivity index (χ3n) is 3.72. The van der Waals surface area contributed by atoms with Gasteiger partial charge in [-0.15, -0.1) is 11.3 Å². The van der Waals surface area contributed by atoms with E-state index in [0.29, 0.717) is 11.5 Å². The van der Waals surface area contributed by atoms with E-state index in [1.165, 1.54) is 10.4 Å². The molecule has 1 aliphatic heterocycles. The minimum atomic E-state index is -0.0555. The first-order chi connectivity index (χ1) is 10.3. The molecule has 0 fully saturated rings. The highest BCUT2D eigenvalue weighted by molar-refractivity contribution is 7.18. The molecule has 0 amide bonds. The molecule has 4 heterocycles. The van der Waals surface area contributed by atoms with Crippen LogP contribution in [0.3, 0.4) is 0 Å². The molecule has 6 heteroatoms. The highest BCUT2D eigenvalue weighted by Gasteiger charge is 2.19. The van der Waals surface area contributed by atoms with Crippen molar-refractivity contribution in [2.75, 3.05) is 6.54 Å². The van der Waals surface area contributed by atoms with Gasteiger partial charge in [0.2, 0.25) is 0 Å². The number of nitrogens with one attached hydrogen (secondary N) is 2. The lowest BCUT2D eigenvalue weighted by Crippen LogP contribution is -2.11. The van der Waals surface area contributed by atoms with Crippen molar-refractivity contribution in [3.63, 3.8) is 0 Å². The Morgan fingerprint density at radius 3 is 3.10 bits per heavy atom. The summed E-state index contributed by atoms with van der Waals surface area (Å²) in [5, 5.41) is 4.15. The highest BCUT2D eigenvalue weighted by Crippen LogP contribution is 2.30. The van der Waals surface area contributed by atoms with E-state index >= 15 is 0 Å². The molecule has 106 valence electrons. The zero-order valence-electron chi connectivity index (χ0n) is 11.3. The Bertz CT molecular complexity index is 853. The van der Waals surface area contributed by atoms with E-state index in [4.69, 9.17) is 0 Å². The fourth-order valence-electron chi connectivity index (χ4n) is 2.73. The van der Waals surface area contributed by atoms with E-state index < -0.39 is 0 Å². The summed E-state index contributed by atoms with van der Waals surface area (Å²) >= 11 is 1.61. The Balaban J connectivity index is 1.94. The second kappa shape index (κ2) is 5.05. The molecular formula is C15H14N4OS. The van der Waals surface area contributed by atoms with Gasteiger partial charge in [0.1, 0.15) is 10.5 Å². The molecule has 0 bridgehead atoms. The monoisotopic (exact) mass is 298 g/mol. The fourth-order valence-corrected chi connectivity index (χ4v) is 3.92. The van der Waals surface area contributed by atoms with Crippen molar-refractivity contribution in [2.45, 2.75) is 19.4 Å². The third-order valence-corrected chi connectivity index (χ3v) is 4.84. The summed E-state index contributed by atoms with van der Waals surface area (Å²) in [7, 11) is 0. The van der Waals surface area contributed by atoms with Gasteiger partial charge in [-0.3, -0.25) is 9.78 Å². The normalized spacial score (nSPS) is 14.9. The summed E-state index contributed by atoms with van der Waals surface area (Å²) in [4.78, 5) is 26.3. The molecule has 3 aromatic heterocycles. The fraction of sp³-hybridized carbons (Fsp3) is 0.267. The molecule has 21 heavy (non-hydrogen) atoms. The van der Waals surface area contributed by atoms with Crippen LogP contribution in [-0.4, -0.2) is 21.5 Å². The molecule has 5 nitrogen and oxygen atoms in total. The Hall–Kier alpha value is -2.05. The number of aryl methyl sites for hydroxylation is 1. The second-order valence-electron chi connectivity index (χ2n) is 5.09. The quantitative estimate of drug-likeness (QED) is 0.721. The van der Waals surface area contributed by atoms with Gasteiger partial charge in [-0.05, 0) is 37.1 Å². The van der Waals surface area contributed by atoms with Crippen molar-refractivity contribution in [1.29, 1.82) is 0 Å². The van der Waals surface area contributed by atoms with Crippen LogP contribution in [0.4, 0.5) is 0 Å². The van der Waals surface area contributed by atoms with Gasteiger partial charge in [-0.2, -0.15) is 0 Å². The van der Waals surface area contributed by atoms with Crippen LogP contribution in [0.15, 0.2) is 29.2 Å². The van der Waals surface area contributed by atoms with E-state index in [1.54, 1.807) is 17.5 Å². The van der Waals surface area contributed by atoms with Gasteiger partial charge in [0, 0.05) is 17.6 Å². The molecule has 0 saturated carbocycles. The molecule has 0 saturated heterocycles. The molecule has 0 atom stereocenters. The first-order valence-electron chi connectivity index (χ1n) is 6.99. The summed E-state index contributed by atoms with van der Waals surface area (Å²) in [5.41, 5.74) is 1.81. The number of rotatable bonds is 1. The molecular weight excluding hydrogens is 284 g/mol. The Labute approximate surface area is 125 Å². The number of nitrogens with zero attached hydrogens (tertiary/aromatic N) is 2. The van der Waals surface area contributed by atoms with Crippen LogP contribution < -0.4 is 10.9 Å². The number of fused-ring (bicyclic) bond motifs is 3. The van der Waals surface area contributed by atoms with Crippen LogP contribution in [0.1, 0.15) is 16.9 Å². The van der Waals surface area contributed by atoms with Gasteiger partial charge >= 0.3 is 0 Å². The number of aromatic nitrogens is 3. The van der Waals surface area contributed by atoms with Crippen LogP contribution in [0.5, 0.6) is 0 Å². The van der Waals surface area contributed by atoms with Gasteiger partial charge < -0.3 is 10.3 Å². The lowest BCUT2D eigenvalue weighted by atomic mass is 10.1. The summed E-state index contributed by atoms with van der Waals surface area (Å²) in [6.07, 6.45) is 3.70. The second-order valence-corrected chi connectivity index (χ2v) is 6.18. The van der Waals surface area contributed by atoms with E-state index in [1.807, 2.05) is 18.2 Å². The number of H-pyrrole nitrogens is 1. The maximum atomic E-state index is 12.5. The van der Waals surface area contributed by atoms with Crippen molar-refractivity contribution >= 4 is 21.6 Å². The molecule has 0 aliphatic carbocycles. The molecule has 0 unspecified atom stereocenters. The number of hydrogen-bond donors (Lipinski definition) is 2. The maximum absolute atomic E-state index is 12.5. The van der Waals surface area contributed by atoms with Gasteiger partial charge in [0.25, 0.3) is 5.56 Å². The summed E-state index contributed by atoms with van der Waals surface area (Å²) in [6.45, 7) is 1.83. The standard InChI is InChI=1S/C15H14N4OS/c20-14-12-9-4-3-6-16-8-11(9)21-15(12)19-13(18-14)10-5-1-2-7-17-10/h1-2,5,7,16H,3-4,6,8H2,(H,18,19,20). The summed E-state index contributed by atoms with van der Waals surface area (Å²) in [5.74, 6) is 0.539. The van der Waals surface area contributed by atoms with Crippen LogP contribution in [0.2, 0.25) is 0 Å². The van der Waals surface area contributed by atoms with E-state index in [9.17, 15) is 4.79 Å². The van der Waals surface area contributed by atoms with Crippen molar-refractivity contribution in [2.24, 2.45) is 0 Å². The van der Waals surface area contributed by atoms with Gasteiger partial charge in [0.15, 0.2) is 5.82 Å². The topological polar surface area (TPSA) is 70.7 Å². The SMILES string of the molecule is O=c1[nH]c(-c2ccccn2)nc2sc3c(c12)CCCNC3. The number of aromatic amines is 1. The zero-order chi connectivity index (χ0) is 14.2. The van der Waals surface area contributed by atoms with E-state index in [2.05, 4.69) is 20.3 Å². The predicted octanol–water partition coefficient (Wildman–Crippen LogP) is 2.08. The van der Waals surface area contributed by atoms with Crippen LogP contribution in [0.25, 0.3) is 21.7 Å².